The first-order valence-corrected chi connectivity index (χ1v) is 6.34. The quantitative estimate of drug-likeness (QED) is 0.861. The fourth-order valence-corrected chi connectivity index (χ4v) is 1.86. The van der Waals surface area contributed by atoms with Crippen LogP contribution in [0.15, 0.2) is 30.5 Å². The van der Waals surface area contributed by atoms with Crippen LogP contribution < -0.4 is 15.8 Å². The average Bonchev–Trinajstić information content (AvgIpc) is 2.76. The van der Waals surface area contributed by atoms with Gasteiger partial charge < -0.3 is 15.8 Å². The Morgan fingerprint density at radius 2 is 2.30 bits per heavy atom. The Hall–Kier alpha value is -2.34. The van der Waals surface area contributed by atoms with Crippen LogP contribution >= 0.6 is 0 Å². The highest BCUT2D eigenvalue weighted by molar-refractivity contribution is 6.04. The van der Waals surface area contributed by atoms with E-state index in [1.165, 1.54) is 0 Å². The number of nitrogens with one attached hydrogen (secondary N) is 1. The second-order valence-corrected chi connectivity index (χ2v) is 4.42. The molecule has 0 spiro atoms. The summed E-state index contributed by atoms with van der Waals surface area (Å²) in [6.45, 7) is 2.69. The maximum atomic E-state index is 12.1. The van der Waals surface area contributed by atoms with Crippen molar-refractivity contribution in [1.29, 1.82) is 0 Å². The van der Waals surface area contributed by atoms with Crippen molar-refractivity contribution in [3.8, 4) is 5.75 Å². The number of ether oxygens (including phenoxy) is 1. The molecule has 20 heavy (non-hydrogen) atoms. The summed E-state index contributed by atoms with van der Waals surface area (Å²) in [7, 11) is 1.78. The zero-order valence-electron chi connectivity index (χ0n) is 11.6. The molecule has 0 unspecified atom stereocenters. The second-order valence-electron chi connectivity index (χ2n) is 4.42. The third kappa shape index (κ3) is 3.36. The Kier molecular flexibility index (Phi) is 4.37. The van der Waals surface area contributed by atoms with Crippen LogP contribution in [0.1, 0.15) is 16.1 Å². The van der Waals surface area contributed by atoms with Crippen LogP contribution in [0.25, 0.3) is 0 Å². The number of anilines is 1. The van der Waals surface area contributed by atoms with Crippen LogP contribution in [-0.4, -0.2) is 28.8 Å². The van der Waals surface area contributed by atoms with Crippen LogP contribution in [0.3, 0.4) is 0 Å². The molecule has 1 heterocycles. The molecule has 6 nitrogen and oxygen atoms in total. The zero-order valence-corrected chi connectivity index (χ0v) is 11.6. The third-order valence-electron chi connectivity index (χ3n) is 2.74. The minimum absolute atomic E-state index is 0.188. The van der Waals surface area contributed by atoms with Crippen molar-refractivity contribution < 1.29 is 9.53 Å². The van der Waals surface area contributed by atoms with Crippen molar-refractivity contribution >= 4 is 11.6 Å². The lowest BCUT2D eigenvalue weighted by Gasteiger charge is -2.08. The minimum Gasteiger partial charge on any atom is -0.492 e. The van der Waals surface area contributed by atoms with Gasteiger partial charge in [-0.1, -0.05) is 6.07 Å². The van der Waals surface area contributed by atoms with Crippen LogP contribution in [-0.2, 0) is 7.05 Å². The first-order chi connectivity index (χ1) is 9.60. The normalized spacial score (nSPS) is 10.3. The Morgan fingerprint density at radius 3 is 2.95 bits per heavy atom. The number of nitrogens with two attached hydrogens (primary N) is 1. The van der Waals surface area contributed by atoms with E-state index in [-0.39, 0.29) is 5.91 Å². The number of nitrogens with zero attached hydrogens (tertiary/aromatic N) is 2. The molecule has 1 amide bonds. The molecule has 0 aliphatic carbocycles. The van der Waals surface area contributed by atoms with Gasteiger partial charge in [-0.2, -0.15) is 5.10 Å². The van der Waals surface area contributed by atoms with Crippen molar-refractivity contribution in [2.24, 2.45) is 12.8 Å². The Labute approximate surface area is 117 Å². The molecule has 0 saturated heterocycles. The Bertz CT molecular complexity index is 607. The predicted molar refractivity (Wildman–Crippen MR) is 76.9 cm³/mol. The topological polar surface area (TPSA) is 82.2 Å². The van der Waals surface area contributed by atoms with Gasteiger partial charge in [0.2, 0.25) is 0 Å². The molecule has 0 aliphatic rings. The highest BCUT2D eigenvalue weighted by Gasteiger charge is 2.12. The summed E-state index contributed by atoms with van der Waals surface area (Å²) in [5, 5.41) is 6.97. The van der Waals surface area contributed by atoms with Gasteiger partial charge in [0.1, 0.15) is 12.4 Å². The summed E-state index contributed by atoms with van der Waals surface area (Å²) < 4.78 is 7.03. The Balaban J connectivity index is 2.09. The van der Waals surface area contributed by atoms with E-state index in [9.17, 15) is 4.79 Å². The van der Waals surface area contributed by atoms with Gasteiger partial charge in [-0.15, -0.1) is 0 Å². The van der Waals surface area contributed by atoms with Crippen molar-refractivity contribution in [3.05, 3.63) is 41.7 Å². The van der Waals surface area contributed by atoms with Crippen molar-refractivity contribution in [3.63, 3.8) is 0 Å². The molecule has 1 aromatic heterocycles. The molecule has 3 N–H and O–H groups in total. The monoisotopic (exact) mass is 274 g/mol. The molecule has 0 atom stereocenters. The molecule has 0 saturated carbocycles. The number of benzene rings is 1. The molecule has 1 aromatic carbocycles. The number of rotatable bonds is 5. The summed E-state index contributed by atoms with van der Waals surface area (Å²) in [4.78, 5) is 12.1. The molecule has 0 aliphatic heterocycles. The standard InChI is InChI=1S/C14H18N4O2/c1-10-13(9-18(2)17-10)14(19)16-11-4-3-5-12(8-11)20-7-6-15/h3-5,8-9H,6-7,15H2,1-2H3,(H,16,19). The number of aryl methyl sites for hydroxylation is 2. The summed E-state index contributed by atoms with van der Waals surface area (Å²) in [5.41, 5.74) is 7.31. The van der Waals surface area contributed by atoms with Gasteiger partial charge in [-0.3, -0.25) is 9.48 Å². The lowest BCUT2D eigenvalue weighted by molar-refractivity contribution is 0.102. The average molecular weight is 274 g/mol. The fourth-order valence-electron chi connectivity index (χ4n) is 1.86. The SMILES string of the molecule is Cc1nn(C)cc1C(=O)Nc1cccc(OCCN)c1. The van der Waals surface area contributed by atoms with Gasteiger partial charge in [0.05, 0.1) is 11.3 Å². The maximum absolute atomic E-state index is 12.1. The molecule has 0 fully saturated rings. The van der Waals surface area contributed by atoms with E-state index in [2.05, 4.69) is 10.4 Å². The lowest BCUT2D eigenvalue weighted by atomic mass is 10.2. The Morgan fingerprint density at radius 1 is 1.50 bits per heavy atom. The zero-order chi connectivity index (χ0) is 14.5. The van der Waals surface area contributed by atoms with E-state index in [1.54, 1.807) is 37.0 Å². The van der Waals surface area contributed by atoms with Gasteiger partial charge in [0.15, 0.2) is 0 Å². The lowest BCUT2D eigenvalue weighted by Crippen LogP contribution is -2.13. The molecule has 0 radical (unpaired) electrons. The molecule has 106 valence electrons. The van der Waals surface area contributed by atoms with E-state index >= 15 is 0 Å². The van der Waals surface area contributed by atoms with Crippen molar-refractivity contribution in [1.82, 2.24) is 9.78 Å². The smallest absolute Gasteiger partial charge is 0.259 e. The van der Waals surface area contributed by atoms with E-state index in [0.29, 0.717) is 35.8 Å². The van der Waals surface area contributed by atoms with E-state index in [0.717, 1.165) is 0 Å². The summed E-state index contributed by atoms with van der Waals surface area (Å²) >= 11 is 0. The van der Waals surface area contributed by atoms with Gasteiger partial charge >= 0.3 is 0 Å². The first kappa shape index (κ1) is 14.1. The van der Waals surface area contributed by atoms with Gasteiger partial charge in [-0.05, 0) is 19.1 Å². The molecule has 2 aromatic rings. The van der Waals surface area contributed by atoms with Crippen LogP contribution in [0.4, 0.5) is 5.69 Å². The maximum Gasteiger partial charge on any atom is 0.259 e. The number of carbonyl (C=O) groups excluding carboxylic acids is 1. The number of aromatic nitrogens is 2. The molecular formula is C14H18N4O2. The number of carbonyl (C=O) groups is 1. The fraction of sp³-hybridized carbons (Fsp3) is 0.286. The van der Waals surface area contributed by atoms with E-state index in [1.807, 2.05) is 12.1 Å². The third-order valence-corrected chi connectivity index (χ3v) is 2.74. The summed E-state index contributed by atoms with van der Waals surface area (Å²) in [6, 6.07) is 7.20. The molecule has 6 heteroatoms. The number of amides is 1. The van der Waals surface area contributed by atoms with Crippen LogP contribution in [0.2, 0.25) is 0 Å². The molecular weight excluding hydrogens is 256 g/mol. The first-order valence-electron chi connectivity index (χ1n) is 6.34. The van der Waals surface area contributed by atoms with Gasteiger partial charge in [0, 0.05) is 31.5 Å². The van der Waals surface area contributed by atoms with Crippen molar-refractivity contribution in [2.75, 3.05) is 18.5 Å². The number of hydrogen-bond acceptors (Lipinski definition) is 4. The highest BCUT2D eigenvalue weighted by Crippen LogP contribution is 2.18. The second kappa shape index (κ2) is 6.21. The van der Waals surface area contributed by atoms with Crippen LogP contribution in [0, 0.1) is 6.92 Å². The van der Waals surface area contributed by atoms with E-state index in [4.69, 9.17) is 10.5 Å². The van der Waals surface area contributed by atoms with Crippen molar-refractivity contribution in [2.45, 2.75) is 6.92 Å². The molecule has 0 bridgehead atoms. The van der Waals surface area contributed by atoms with Crippen LogP contribution in [0.5, 0.6) is 5.75 Å². The van der Waals surface area contributed by atoms with Gasteiger partial charge in [-0.25, -0.2) is 0 Å². The highest BCUT2D eigenvalue weighted by atomic mass is 16.5. The van der Waals surface area contributed by atoms with E-state index < -0.39 is 0 Å². The summed E-state index contributed by atoms with van der Waals surface area (Å²) in [6.07, 6.45) is 1.69. The molecule has 2 rings (SSSR count). The van der Waals surface area contributed by atoms with Gasteiger partial charge in [0.25, 0.3) is 5.91 Å². The minimum atomic E-state index is -0.188. The number of hydrogen-bond donors (Lipinski definition) is 2. The summed E-state index contributed by atoms with van der Waals surface area (Å²) in [5.74, 6) is 0.489. The largest absolute Gasteiger partial charge is 0.492 e. The predicted octanol–water partition coefficient (Wildman–Crippen LogP) is 1.32.